The van der Waals surface area contributed by atoms with E-state index in [0.717, 1.165) is 17.1 Å². The van der Waals surface area contributed by atoms with Crippen LogP contribution in [0.25, 0.3) is 0 Å². The number of urea groups is 1. The van der Waals surface area contributed by atoms with Gasteiger partial charge in [-0.2, -0.15) is 0 Å². The summed E-state index contributed by atoms with van der Waals surface area (Å²) in [5.74, 6) is -3.82. The maximum Gasteiger partial charge on any atom is 0.312 e. The molecular weight excluding hydrogens is 1110 g/mol. The highest BCUT2D eigenvalue weighted by atomic mass is 16.6. The van der Waals surface area contributed by atoms with Gasteiger partial charge in [0.2, 0.25) is 17.7 Å². The minimum absolute atomic E-state index is 0.0336. The van der Waals surface area contributed by atoms with Crippen LogP contribution < -0.4 is 31.7 Å². The molecule has 1 heterocycles. The Kier molecular flexibility index (Phi) is 38.1. The number of esters is 1. The Bertz CT molecular complexity index is 2230. The lowest BCUT2D eigenvalue weighted by Crippen LogP contribution is -2.59. The van der Waals surface area contributed by atoms with Gasteiger partial charge in [-0.3, -0.25) is 33.7 Å². The molecule has 0 saturated heterocycles. The van der Waals surface area contributed by atoms with Gasteiger partial charge in [-0.25, -0.2) is 4.79 Å². The molecule has 0 aromatic heterocycles. The van der Waals surface area contributed by atoms with Crippen molar-refractivity contribution in [2.45, 2.75) is 78.6 Å². The second kappa shape index (κ2) is 44.3. The quantitative estimate of drug-likeness (QED) is 0.0361. The van der Waals surface area contributed by atoms with Crippen LogP contribution in [0.3, 0.4) is 0 Å². The van der Waals surface area contributed by atoms with Crippen molar-refractivity contribution in [1.82, 2.24) is 20.9 Å². The molecule has 2 aromatic rings. The first-order valence-corrected chi connectivity index (χ1v) is 28.7. The molecule has 1 aliphatic heterocycles. The third-order valence-corrected chi connectivity index (χ3v) is 12.1. The molecule has 0 bridgehead atoms. The van der Waals surface area contributed by atoms with Gasteiger partial charge < -0.3 is 88.6 Å². The van der Waals surface area contributed by atoms with E-state index in [1.54, 1.807) is 90.3 Å². The number of anilines is 1. The standard InChI is InChI=1S/C59H92N6O20/c1-44(2)53(56(70)63-49(8-7-19-61-58(60)72)54(68)62-47-13-9-46(10-14-47)43-85-57(71)59(3,4)5)64-55(69)50(65-51(66)17-18-52(65)67)42-45-11-15-48(16-12-45)84-41-40-83-39-38-82-37-36-81-35-34-80-33-32-79-31-30-78-29-28-77-27-26-76-25-24-75-23-22-74-21-20-73-6/h9-18,44,49-50,53H,7-8,19-43H2,1-6H3,(H,62,68)(H,63,70)(H,64,69)(H3,60,61,72)/t49-,50-,53-/m0/s1. The Morgan fingerprint density at radius 1 is 0.541 bits per heavy atom. The molecule has 0 fully saturated rings. The van der Waals surface area contributed by atoms with E-state index in [2.05, 4.69) is 21.3 Å². The zero-order valence-corrected chi connectivity index (χ0v) is 50.4. The average molecular weight is 1210 g/mol. The molecule has 0 radical (unpaired) electrons. The van der Waals surface area contributed by atoms with Crippen LogP contribution in [-0.4, -0.2) is 224 Å². The molecule has 0 saturated carbocycles. The lowest BCUT2D eigenvalue weighted by atomic mass is 9.97. The van der Waals surface area contributed by atoms with Crippen molar-refractivity contribution < 1.29 is 95.1 Å². The van der Waals surface area contributed by atoms with Crippen molar-refractivity contribution in [3.05, 3.63) is 71.8 Å². The molecular formula is C59H92N6O20. The highest BCUT2D eigenvalue weighted by Crippen LogP contribution is 2.21. The van der Waals surface area contributed by atoms with Gasteiger partial charge in [-0.05, 0) is 74.9 Å². The fraction of sp³-hybridized carbons (Fsp3) is 0.644. The van der Waals surface area contributed by atoms with E-state index < -0.39 is 65.0 Å². The van der Waals surface area contributed by atoms with Crippen molar-refractivity contribution in [2.75, 3.05) is 164 Å². The van der Waals surface area contributed by atoms with E-state index in [-0.39, 0.29) is 51.6 Å². The van der Waals surface area contributed by atoms with Gasteiger partial charge in [0.1, 0.15) is 37.1 Å². The van der Waals surface area contributed by atoms with Crippen molar-refractivity contribution >= 4 is 47.2 Å². The minimum atomic E-state index is -1.35. The second-order valence-electron chi connectivity index (χ2n) is 20.4. The largest absolute Gasteiger partial charge is 0.491 e. The van der Waals surface area contributed by atoms with E-state index in [1.165, 1.54) is 0 Å². The van der Waals surface area contributed by atoms with Gasteiger partial charge in [0, 0.05) is 37.9 Å². The van der Waals surface area contributed by atoms with Crippen LogP contribution in [0.2, 0.25) is 0 Å². The van der Waals surface area contributed by atoms with Crippen LogP contribution in [0.4, 0.5) is 10.5 Å². The number of carbonyl (C=O) groups excluding carboxylic acids is 7. The highest BCUT2D eigenvalue weighted by Gasteiger charge is 2.38. The molecule has 26 heteroatoms. The van der Waals surface area contributed by atoms with E-state index in [1.807, 2.05) is 0 Å². The molecule has 478 valence electrons. The van der Waals surface area contributed by atoms with Gasteiger partial charge in [0.05, 0.1) is 144 Å². The molecule has 3 atom stereocenters. The lowest BCUT2D eigenvalue weighted by molar-refractivity contribution is -0.154. The fourth-order valence-electron chi connectivity index (χ4n) is 7.52. The zero-order chi connectivity index (χ0) is 61.9. The summed E-state index contributed by atoms with van der Waals surface area (Å²) in [6.07, 6.45) is 2.37. The normalized spacial score (nSPS) is 13.4. The summed E-state index contributed by atoms with van der Waals surface area (Å²) in [5.41, 5.74) is 6.22. The third-order valence-electron chi connectivity index (χ3n) is 12.1. The number of carbonyl (C=O) groups is 7. The molecule has 6 N–H and O–H groups in total. The van der Waals surface area contributed by atoms with E-state index in [0.29, 0.717) is 155 Å². The van der Waals surface area contributed by atoms with E-state index in [4.69, 9.17) is 67.3 Å². The summed E-state index contributed by atoms with van der Waals surface area (Å²) in [6, 6.07) is 8.93. The molecule has 0 spiro atoms. The predicted molar refractivity (Wildman–Crippen MR) is 310 cm³/mol. The maximum absolute atomic E-state index is 14.2. The number of nitrogens with one attached hydrogen (secondary N) is 4. The average Bonchev–Trinajstić information content (AvgIpc) is 4.09. The molecule has 3 rings (SSSR count). The number of nitrogens with two attached hydrogens (primary N) is 1. The minimum Gasteiger partial charge on any atom is -0.491 e. The number of ether oxygens (including phenoxy) is 13. The van der Waals surface area contributed by atoms with Gasteiger partial charge >= 0.3 is 12.0 Å². The number of methoxy groups -OCH3 is 1. The van der Waals surface area contributed by atoms with Crippen LogP contribution in [0.15, 0.2) is 60.7 Å². The van der Waals surface area contributed by atoms with Gasteiger partial charge in [0.15, 0.2) is 0 Å². The third kappa shape index (κ3) is 33.4. The predicted octanol–water partition coefficient (Wildman–Crippen LogP) is 2.52. The van der Waals surface area contributed by atoms with Gasteiger partial charge in [0.25, 0.3) is 11.8 Å². The number of hydrogen-bond donors (Lipinski definition) is 5. The van der Waals surface area contributed by atoms with Crippen molar-refractivity contribution in [3.8, 4) is 5.75 Å². The van der Waals surface area contributed by atoms with Crippen LogP contribution in [-0.2, 0) is 98.6 Å². The second-order valence-corrected chi connectivity index (χ2v) is 20.4. The summed E-state index contributed by atoms with van der Waals surface area (Å²) in [5, 5.41) is 10.7. The molecule has 7 amide bonds. The highest BCUT2D eigenvalue weighted by molar-refractivity contribution is 6.15. The summed E-state index contributed by atoms with van der Waals surface area (Å²) < 4.78 is 71.1. The first-order valence-electron chi connectivity index (χ1n) is 28.7. The summed E-state index contributed by atoms with van der Waals surface area (Å²) >= 11 is 0. The Hall–Kier alpha value is -6.17. The molecule has 0 aliphatic carbocycles. The molecule has 0 unspecified atom stereocenters. The molecule has 85 heavy (non-hydrogen) atoms. The monoisotopic (exact) mass is 1200 g/mol. The van der Waals surface area contributed by atoms with Crippen molar-refractivity contribution in [1.29, 1.82) is 0 Å². The topological polar surface area (TPSA) is 317 Å². The first kappa shape index (κ1) is 73.1. The van der Waals surface area contributed by atoms with Gasteiger partial charge in [-0.15, -0.1) is 0 Å². The number of imide groups is 1. The fourth-order valence-corrected chi connectivity index (χ4v) is 7.52. The van der Waals surface area contributed by atoms with Crippen LogP contribution in [0, 0.1) is 11.3 Å². The SMILES string of the molecule is COCCOCCOCCOCCOCCOCCOCCOCCOCCOCCOCCOc1ccc(C[C@@H](C(=O)N[C@H](C(=O)N[C@@H](CCCNC(N)=O)C(=O)Nc2ccc(COC(=O)C(C)(C)C)cc2)C(C)C)N2C(=O)C=CC2=O)cc1. The van der Waals surface area contributed by atoms with Crippen molar-refractivity contribution in [3.63, 3.8) is 0 Å². The smallest absolute Gasteiger partial charge is 0.312 e. The molecule has 26 nitrogen and oxygen atoms in total. The molecule has 2 aromatic carbocycles. The summed E-state index contributed by atoms with van der Waals surface area (Å²) in [4.78, 5) is 92.3. The van der Waals surface area contributed by atoms with E-state index >= 15 is 0 Å². The Labute approximate surface area is 499 Å². The Morgan fingerprint density at radius 2 is 0.965 bits per heavy atom. The number of amides is 7. The van der Waals surface area contributed by atoms with Crippen molar-refractivity contribution in [2.24, 2.45) is 17.1 Å². The van der Waals surface area contributed by atoms with Gasteiger partial charge in [-0.1, -0.05) is 38.1 Å². The van der Waals surface area contributed by atoms with E-state index in [9.17, 15) is 33.6 Å². The zero-order valence-electron chi connectivity index (χ0n) is 50.4. The number of primary amides is 1. The van der Waals surface area contributed by atoms with Crippen LogP contribution in [0.5, 0.6) is 5.75 Å². The number of benzene rings is 2. The number of hydrogen-bond acceptors (Lipinski definition) is 20. The number of nitrogens with zero attached hydrogens (tertiary/aromatic N) is 1. The summed E-state index contributed by atoms with van der Waals surface area (Å²) in [7, 11) is 1.63. The maximum atomic E-state index is 14.2. The van der Waals surface area contributed by atoms with Crippen LogP contribution in [0.1, 0.15) is 58.6 Å². The van der Waals surface area contributed by atoms with Crippen LogP contribution >= 0.6 is 0 Å². The summed E-state index contributed by atoms with van der Waals surface area (Å²) in [6.45, 7) is 18.5. The first-order chi connectivity index (χ1) is 41.0. The number of rotatable bonds is 50. The lowest BCUT2D eigenvalue weighted by Gasteiger charge is -2.30. The Balaban J connectivity index is 1.30. The molecule has 1 aliphatic rings. The Morgan fingerprint density at radius 3 is 1.38 bits per heavy atom.